The lowest BCUT2D eigenvalue weighted by molar-refractivity contribution is 0.702. The van der Waals surface area contributed by atoms with E-state index < -0.39 is 11.2 Å². The molecule has 0 aliphatic rings. The van der Waals surface area contributed by atoms with E-state index in [4.69, 9.17) is 0 Å². The molecule has 9 nitrogen and oxygen atoms in total. The highest BCUT2D eigenvalue weighted by Crippen LogP contribution is 2.18. The molecule has 3 aromatic heterocycles. The van der Waals surface area contributed by atoms with Crippen LogP contribution in [0.3, 0.4) is 0 Å². The molecule has 3 heterocycles. The summed E-state index contributed by atoms with van der Waals surface area (Å²) in [6.07, 6.45) is 1.59. The van der Waals surface area contributed by atoms with Gasteiger partial charge in [-0.25, -0.2) is 15.2 Å². The number of hydrazone groups is 1. The number of anilines is 1. The van der Waals surface area contributed by atoms with Crippen LogP contribution in [0.1, 0.15) is 11.3 Å². The molecule has 0 saturated carbocycles. The Morgan fingerprint density at radius 1 is 0.909 bits per heavy atom. The fraction of sp³-hybridized carbons (Fsp3) is 0.125. The lowest BCUT2D eigenvalue weighted by atomic mass is 10.2. The van der Waals surface area contributed by atoms with Gasteiger partial charge in [-0.15, -0.1) is 0 Å². The summed E-state index contributed by atoms with van der Waals surface area (Å²) in [5.41, 5.74) is 5.23. The molecule has 0 radical (unpaired) electrons. The first kappa shape index (κ1) is 20.4. The molecule has 5 aromatic rings. The van der Waals surface area contributed by atoms with Crippen molar-refractivity contribution in [1.29, 1.82) is 0 Å². The van der Waals surface area contributed by atoms with E-state index in [1.807, 2.05) is 66.7 Å². The number of imidazole rings is 1. The van der Waals surface area contributed by atoms with Gasteiger partial charge in [-0.1, -0.05) is 54.6 Å². The molecule has 0 bridgehead atoms. The van der Waals surface area contributed by atoms with Crippen LogP contribution in [0.5, 0.6) is 0 Å². The third kappa shape index (κ3) is 3.69. The molecule has 9 heteroatoms. The summed E-state index contributed by atoms with van der Waals surface area (Å²) in [5.74, 6) is 0.351. The zero-order valence-electron chi connectivity index (χ0n) is 18.1. The van der Waals surface area contributed by atoms with Gasteiger partial charge in [-0.3, -0.25) is 18.5 Å². The van der Waals surface area contributed by atoms with E-state index in [1.165, 1.54) is 11.6 Å². The first-order valence-corrected chi connectivity index (χ1v) is 10.4. The third-order valence-electron chi connectivity index (χ3n) is 5.51. The number of pyridine rings is 1. The SMILES string of the molecule is Cn1c(=O)c2c(nc(N/N=C/c3ccc4ccccc4n3)n2Cc2ccccc2)n(C)c1=O. The monoisotopic (exact) mass is 439 g/mol. The molecular formula is C24H21N7O2. The van der Waals surface area contributed by atoms with Crippen molar-refractivity contribution >= 4 is 34.2 Å². The van der Waals surface area contributed by atoms with Crippen molar-refractivity contribution in [2.24, 2.45) is 19.2 Å². The standard InChI is InChI=1S/C24H21N7O2/c1-29-21-20(22(32)30(2)24(29)33)31(15-16-8-4-3-5-9-16)23(27-21)28-25-14-18-13-12-17-10-6-7-11-19(17)26-18/h3-14H,15H2,1-2H3,(H,27,28)/b25-14+. The molecule has 164 valence electrons. The van der Waals surface area contributed by atoms with Gasteiger partial charge in [-0.05, 0) is 17.7 Å². The van der Waals surface area contributed by atoms with Gasteiger partial charge in [0.25, 0.3) is 5.56 Å². The van der Waals surface area contributed by atoms with Crippen LogP contribution >= 0.6 is 0 Å². The number of fused-ring (bicyclic) bond motifs is 2. The second kappa shape index (κ2) is 8.19. The Labute approximate surface area is 188 Å². The molecule has 2 aromatic carbocycles. The van der Waals surface area contributed by atoms with Gasteiger partial charge in [-0.2, -0.15) is 10.1 Å². The van der Waals surface area contributed by atoms with Crippen molar-refractivity contribution in [1.82, 2.24) is 23.7 Å². The number of para-hydroxylation sites is 1. The first-order chi connectivity index (χ1) is 16.0. The number of aryl methyl sites for hydroxylation is 1. The number of benzene rings is 2. The Morgan fingerprint density at radius 2 is 1.67 bits per heavy atom. The minimum absolute atomic E-state index is 0.292. The summed E-state index contributed by atoms with van der Waals surface area (Å²) in [6, 6.07) is 21.4. The van der Waals surface area contributed by atoms with E-state index in [1.54, 1.807) is 17.8 Å². The Balaban J connectivity index is 1.57. The minimum Gasteiger partial charge on any atom is -0.298 e. The van der Waals surface area contributed by atoms with Crippen LogP contribution in [0.2, 0.25) is 0 Å². The van der Waals surface area contributed by atoms with Crippen molar-refractivity contribution in [2.75, 3.05) is 5.43 Å². The maximum atomic E-state index is 13.0. The summed E-state index contributed by atoms with van der Waals surface area (Å²) in [4.78, 5) is 34.5. The fourth-order valence-electron chi connectivity index (χ4n) is 3.76. The van der Waals surface area contributed by atoms with Crippen LogP contribution in [0, 0.1) is 0 Å². The molecule has 0 aliphatic heterocycles. The number of hydrogen-bond acceptors (Lipinski definition) is 6. The van der Waals surface area contributed by atoms with Crippen LogP contribution in [0.15, 0.2) is 81.4 Å². The van der Waals surface area contributed by atoms with Gasteiger partial charge < -0.3 is 0 Å². The number of hydrogen-bond donors (Lipinski definition) is 1. The van der Waals surface area contributed by atoms with Gasteiger partial charge in [0.2, 0.25) is 5.95 Å². The third-order valence-corrected chi connectivity index (χ3v) is 5.51. The Hall–Kier alpha value is -4.53. The molecule has 33 heavy (non-hydrogen) atoms. The lowest BCUT2D eigenvalue weighted by Gasteiger charge is -2.09. The van der Waals surface area contributed by atoms with E-state index in [-0.39, 0.29) is 0 Å². The normalized spacial score (nSPS) is 11.6. The van der Waals surface area contributed by atoms with Gasteiger partial charge in [0.1, 0.15) is 0 Å². The average Bonchev–Trinajstić information content (AvgIpc) is 3.20. The molecule has 0 saturated heterocycles. The van der Waals surface area contributed by atoms with Crippen LogP contribution in [0.4, 0.5) is 5.95 Å². The average molecular weight is 439 g/mol. The molecule has 0 aliphatic carbocycles. The molecule has 0 amide bonds. The first-order valence-electron chi connectivity index (χ1n) is 10.4. The summed E-state index contributed by atoms with van der Waals surface area (Å²) in [6.45, 7) is 0.386. The van der Waals surface area contributed by atoms with Crippen molar-refractivity contribution in [3.8, 4) is 0 Å². The quantitative estimate of drug-likeness (QED) is 0.335. The van der Waals surface area contributed by atoms with Crippen LogP contribution < -0.4 is 16.7 Å². The highest BCUT2D eigenvalue weighted by atomic mass is 16.2. The van der Waals surface area contributed by atoms with Gasteiger partial charge >= 0.3 is 5.69 Å². The molecular weight excluding hydrogens is 418 g/mol. The number of nitrogens with one attached hydrogen (secondary N) is 1. The molecule has 1 N–H and O–H groups in total. The largest absolute Gasteiger partial charge is 0.332 e. The number of aromatic nitrogens is 5. The molecule has 0 atom stereocenters. The lowest BCUT2D eigenvalue weighted by Crippen LogP contribution is -2.37. The fourth-order valence-corrected chi connectivity index (χ4v) is 3.76. The van der Waals surface area contributed by atoms with Crippen LogP contribution in [-0.2, 0) is 20.6 Å². The molecule has 0 fully saturated rings. The Kier molecular flexibility index (Phi) is 5.06. The second-order valence-electron chi connectivity index (χ2n) is 7.68. The topological polar surface area (TPSA) is 99.1 Å². The van der Waals surface area contributed by atoms with E-state index >= 15 is 0 Å². The number of rotatable bonds is 5. The maximum Gasteiger partial charge on any atom is 0.332 e. The van der Waals surface area contributed by atoms with Crippen molar-refractivity contribution in [3.63, 3.8) is 0 Å². The van der Waals surface area contributed by atoms with E-state index in [0.29, 0.717) is 29.4 Å². The second-order valence-corrected chi connectivity index (χ2v) is 7.68. The van der Waals surface area contributed by atoms with Crippen molar-refractivity contribution in [2.45, 2.75) is 6.54 Å². The van der Waals surface area contributed by atoms with Crippen LogP contribution in [0.25, 0.3) is 22.1 Å². The van der Waals surface area contributed by atoms with Crippen LogP contribution in [-0.4, -0.2) is 29.9 Å². The Morgan fingerprint density at radius 3 is 2.48 bits per heavy atom. The van der Waals surface area contributed by atoms with Gasteiger partial charge in [0.15, 0.2) is 11.2 Å². The summed E-state index contributed by atoms with van der Waals surface area (Å²) in [7, 11) is 3.05. The highest BCUT2D eigenvalue weighted by molar-refractivity contribution is 5.85. The smallest absolute Gasteiger partial charge is 0.298 e. The number of nitrogens with zero attached hydrogens (tertiary/aromatic N) is 6. The predicted octanol–water partition coefficient (Wildman–Crippen LogP) is 2.48. The maximum absolute atomic E-state index is 13.0. The zero-order valence-corrected chi connectivity index (χ0v) is 18.1. The minimum atomic E-state index is -0.438. The highest BCUT2D eigenvalue weighted by Gasteiger charge is 2.19. The van der Waals surface area contributed by atoms with Crippen molar-refractivity contribution in [3.05, 3.63) is 98.8 Å². The summed E-state index contributed by atoms with van der Waals surface area (Å²) < 4.78 is 4.17. The Bertz CT molecular complexity index is 1630. The zero-order chi connectivity index (χ0) is 22.9. The van der Waals surface area contributed by atoms with Crippen molar-refractivity contribution < 1.29 is 0 Å². The summed E-state index contributed by atoms with van der Waals surface area (Å²) in [5, 5.41) is 5.35. The van der Waals surface area contributed by atoms with E-state index in [0.717, 1.165) is 21.0 Å². The van der Waals surface area contributed by atoms with Gasteiger partial charge in [0, 0.05) is 19.5 Å². The summed E-state index contributed by atoms with van der Waals surface area (Å²) >= 11 is 0. The van der Waals surface area contributed by atoms with E-state index in [2.05, 4.69) is 20.5 Å². The molecule has 5 rings (SSSR count). The molecule has 0 spiro atoms. The predicted molar refractivity (Wildman–Crippen MR) is 129 cm³/mol. The van der Waals surface area contributed by atoms with Gasteiger partial charge in [0.05, 0.1) is 24.0 Å². The van der Waals surface area contributed by atoms with E-state index in [9.17, 15) is 9.59 Å². The molecule has 0 unspecified atom stereocenters.